The summed E-state index contributed by atoms with van der Waals surface area (Å²) >= 11 is 0. The summed E-state index contributed by atoms with van der Waals surface area (Å²) in [4.78, 5) is 0. The second kappa shape index (κ2) is 9.07. The number of ether oxygens (including phenoxy) is 1. The van der Waals surface area contributed by atoms with Gasteiger partial charge >= 0.3 is 0 Å². The fourth-order valence-electron chi connectivity index (χ4n) is 4.26. The van der Waals surface area contributed by atoms with E-state index in [0.717, 1.165) is 24.4 Å². The SMILES string of the molecule is CCCCCCOC1CCC(C2CCC(C)CC2)CC1. The lowest BCUT2D eigenvalue weighted by Gasteiger charge is -2.37. The van der Waals surface area contributed by atoms with Crippen LogP contribution in [0.5, 0.6) is 0 Å². The van der Waals surface area contributed by atoms with Crippen molar-refractivity contribution in [3.63, 3.8) is 0 Å². The van der Waals surface area contributed by atoms with Gasteiger partial charge in [-0.15, -0.1) is 0 Å². The molecule has 20 heavy (non-hydrogen) atoms. The molecule has 1 heteroatoms. The highest BCUT2D eigenvalue weighted by atomic mass is 16.5. The van der Waals surface area contributed by atoms with Crippen LogP contribution in [0.4, 0.5) is 0 Å². The Bertz CT molecular complexity index is 234. The molecule has 118 valence electrons. The van der Waals surface area contributed by atoms with Crippen molar-refractivity contribution in [2.75, 3.05) is 6.61 Å². The number of unbranched alkanes of at least 4 members (excludes halogenated alkanes) is 3. The van der Waals surface area contributed by atoms with Gasteiger partial charge in [0.25, 0.3) is 0 Å². The Morgan fingerprint density at radius 3 is 1.95 bits per heavy atom. The molecule has 0 aliphatic heterocycles. The third kappa shape index (κ3) is 5.39. The molecule has 0 atom stereocenters. The molecular formula is C19H36O. The van der Waals surface area contributed by atoms with Gasteiger partial charge in [-0.1, -0.05) is 46.0 Å². The zero-order valence-electron chi connectivity index (χ0n) is 13.9. The normalized spacial score (nSPS) is 35.1. The van der Waals surface area contributed by atoms with E-state index in [4.69, 9.17) is 4.74 Å². The van der Waals surface area contributed by atoms with Crippen LogP contribution >= 0.6 is 0 Å². The molecule has 0 bridgehead atoms. The van der Waals surface area contributed by atoms with Crippen LogP contribution in [-0.4, -0.2) is 12.7 Å². The average Bonchev–Trinajstić information content (AvgIpc) is 2.49. The van der Waals surface area contributed by atoms with Crippen molar-refractivity contribution in [1.29, 1.82) is 0 Å². The molecule has 2 fully saturated rings. The molecule has 0 saturated heterocycles. The van der Waals surface area contributed by atoms with E-state index in [-0.39, 0.29) is 0 Å². The fraction of sp³-hybridized carbons (Fsp3) is 1.00. The summed E-state index contributed by atoms with van der Waals surface area (Å²) in [5, 5.41) is 0. The highest BCUT2D eigenvalue weighted by molar-refractivity contribution is 4.81. The molecule has 0 spiro atoms. The number of hydrogen-bond donors (Lipinski definition) is 0. The molecule has 0 aromatic rings. The van der Waals surface area contributed by atoms with Crippen LogP contribution < -0.4 is 0 Å². The quantitative estimate of drug-likeness (QED) is 0.522. The Morgan fingerprint density at radius 1 is 0.750 bits per heavy atom. The Kier molecular flexibility index (Phi) is 7.41. The van der Waals surface area contributed by atoms with Gasteiger partial charge in [-0.05, 0) is 62.7 Å². The average molecular weight is 280 g/mol. The van der Waals surface area contributed by atoms with Crippen LogP contribution in [-0.2, 0) is 4.74 Å². The highest BCUT2D eigenvalue weighted by Gasteiger charge is 2.30. The van der Waals surface area contributed by atoms with Crippen molar-refractivity contribution < 1.29 is 4.74 Å². The summed E-state index contributed by atoms with van der Waals surface area (Å²) in [5.41, 5.74) is 0. The van der Waals surface area contributed by atoms with Crippen molar-refractivity contribution in [2.24, 2.45) is 17.8 Å². The van der Waals surface area contributed by atoms with Crippen LogP contribution in [0.2, 0.25) is 0 Å². The molecule has 2 rings (SSSR count). The second-order valence-electron chi connectivity index (χ2n) is 7.49. The van der Waals surface area contributed by atoms with Crippen molar-refractivity contribution in [3.8, 4) is 0 Å². The van der Waals surface area contributed by atoms with E-state index in [0.29, 0.717) is 6.10 Å². The molecule has 2 aliphatic carbocycles. The molecule has 0 aromatic heterocycles. The predicted octanol–water partition coefficient (Wildman–Crippen LogP) is 5.97. The molecule has 0 unspecified atom stereocenters. The number of hydrogen-bond acceptors (Lipinski definition) is 1. The largest absolute Gasteiger partial charge is 0.378 e. The zero-order chi connectivity index (χ0) is 14.2. The van der Waals surface area contributed by atoms with Crippen molar-refractivity contribution in [1.82, 2.24) is 0 Å². The standard InChI is InChI=1S/C19H36O/c1-3-4-5-6-15-20-19-13-11-18(12-14-19)17-9-7-16(2)8-10-17/h16-19H,3-15H2,1-2H3. The first kappa shape index (κ1) is 16.3. The van der Waals surface area contributed by atoms with Gasteiger partial charge in [0.15, 0.2) is 0 Å². The predicted molar refractivity (Wildman–Crippen MR) is 87.0 cm³/mol. The van der Waals surface area contributed by atoms with Crippen molar-refractivity contribution in [3.05, 3.63) is 0 Å². The molecule has 0 heterocycles. The van der Waals surface area contributed by atoms with Crippen LogP contribution in [0.15, 0.2) is 0 Å². The summed E-state index contributed by atoms with van der Waals surface area (Å²) in [7, 11) is 0. The monoisotopic (exact) mass is 280 g/mol. The van der Waals surface area contributed by atoms with Gasteiger partial charge in [0.1, 0.15) is 0 Å². The maximum Gasteiger partial charge on any atom is 0.0575 e. The van der Waals surface area contributed by atoms with Gasteiger partial charge in [-0.3, -0.25) is 0 Å². The van der Waals surface area contributed by atoms with Gasteiger partial charge < -0.3 is 4.74 Å². The van der Waals surface area contributed by atoms with Crippen LogP contribution in [0.25, 0.3) is 0 Å². The minimum absolute atomic E-state index is 0.593. The summed E-state index contributed by atoms with van der Waals surface area (Å²) in [6, 6.07) is 0. The topological polar surface area (TPSA) is 9.23 Å². The Morgan fingerprint density at radius 2 is 1.35 bits per heavy atom. The lowest BCUT2D eigenvalue weighted by atomic mass is 9.71. The van der Waals surface area contributed by atoms with E-state index in [1.807, 2.05) is 0 Å². The minimum Gasteiger partial charge on any atom is -0.378 e. The molecule has 0 N–H and O–H groups in total. The molecule has 1 nitrogen and oxygen atoms in total. The van der Waals surface area contributed by atoms with E-state index in [9.17, 15) is 0 Å². The first-order chi connectivity index (χ1) is 9.79. The van der Waals surface area contributed by atoms with Gasteiger partial charge in [0, 0.05) is 6.61 Å². The van der Waals surface area contributed by atoms with E-state index < -0.39 is 0 Å². The smallest absolute Gasteiger partial charge is 0.0575 e. The Labute approximate surface area is 126 Å². The summed E-state index contributed by atoms with van der Waals surface area (Å²) in [5.74, 6) is 3.08. The van der Waals surface area contributed by atoms with Crippen LogP contribution in [0.3, 0.4) is 0 Å². The second-order valence-corrected chi connectivity index (χ2v) is 7.49. The lowest BCUT2D eigenvalue weighted by Crippen LogP contribution is -2.28. The molecular weight excluding hydrogens is 244 g/mol. The van der Waals surface area contributed by atoms with Crippen molar-refractivity contribution in [2.45, 2.75) is 97.0 Å². The van der Waals surface area contributed by atoms with Crippen LogP contribution in [0, 0.1) is 17.8 Å². The van der Waals surface area contributed by atoms with Gasteiger partial charge in [0.05, 0.1) is 6.10 Å². The van der Waals surface area contributed by atoms with Gasteiger partial charge in [-0.2, -0.15) is 0 Å². The Hall–Kier alpha value is -0.0400. The zero-order valence-corrected chi connectivity index (χ0v) is 13.9. The van der Waals surface area contributed by atoms with E-state index >= 15 is 0 Å². The maximum atomic E-state index is 6.08. The third-order valence-electron chi connectivity index (χ3n) is 5.80. The van der Waals surface area contributed by atoms with Crippen LogP contribution in [0.1, 0.15) is 90.9 Å². The van der Waals surface area contributed by atoms with E-state index in [1.54, 1.807) is 0 Å². The summed E-state index contributed by atoms with van der Waals surface area (Å²) < 4.78 is 6.08. The minimum atomic E-state index is 0.593. The van der Waals surface area contributed by atoms with Gasteiger partial charge in [0.2, 0.25) is 0 Å². The molecule has 2 saturated carbocycles. The first-order valence-corrected chi connectivity index (χ1v) is 9.41. The maximum absolute atomic E-state index is 6.08. The molecule has 0 radical (unpaired) electrons. The molecule has 0 amide bonds. The van der Waals surface area contributed by atoms with Crippen molar-refractivity contribution >= 4 is 0 Å². The van der Waals surface area contributed by atoms with Gasteiger partial charge in [-0.25, -0.2) is 0 Å². The highest BCUT2D eigenvalue weighted by Crippen LogP contribution is 2.40. The fourth-order valence-corrected chi connectivity index (χ4v) is 4.26. The van der Waals surface area contributed by atoms with E-state index in [1.165, 1.54) is 77.0 Å². The lowest BCUT2D eigenvalue weighted by molar-refractivity contribution is 0.00566. The summed E-state index contributed by atoms with van der Waals surface area (Å²) in [6.45, 7) is 5.71. The molecule has 2 aliphatic rings. The molecule has 0 aromatic carbocycles. The third-order valence-corrected chi connectivity index (χ3v) is 5.80. The summed E-state index contributed by atoms with van der Waals surface area (Å²) in [6.07, 6.45) is 17.5. The first-order valence-electron chi connectivity index (χ1n) is 9.41. The van der Waals surface area contributed by atoms with E-state index in [2.05, 4.69) is 13.8 Å². The Balaban J connectivity index is 1.55. The number of rotatable bonds is 7.